The van der Waals surface area contributed by atoms with Crippen molar-refractivity contribution in [3.05, 3.63) is 58.8 Å². The van der Waals surface area contributed by atoms with Gasteiger partial charge in [0.05, 0.1) is 19.3 Å². The molecule has 0 aromatic carbocycles. The van der Waals surface area contributed by atoms with Gasteiger partial charge in [-0.05, 0) is 87.3 Å². The molecule has 1 aliphatic heterocycles. The van der Waals surface area contributed by atoms with Gasteiger partial charge in [-0.25, -0.2) is 18.9 Å². The van der Waals surface area contributed by atoms with Gasteiger partial charge in [-0.15, -0.1) is 11.3 Å². The number of amides is 4. The van der Waals surface area contributed by atoms with E-state index in [4.69, 9.17) is 28.3 Å². The van der Waals surface area contributed by atoms with Gasteiger partial charge in [0.1, 0.15) is 28.6 Å². The lowest BCUT2D eigenvalue weighted by Crippen LogP contribution is -2.74. The molecule has 1 saturated heterocycles. The highest BCUT2D eigenvalue weighted by atomic mass is 32.2. The summed E-state index contributed by atoms with van der Waals surface area (Å²) in [6.45, 7) is 22.6. The third-order valence-corrected chi connectivity index (χ3v) is 10.1. The third-order valence-electron chi connectivity index (χ3n) is 8.39. The minimum Gasteiger partial charge on any atom is -0.490 e. The van der Waals surface area contributed by atoms with Crippen molar-refractivity contribution in [2.24, 2.45) is 5.16 Å². The minimum absolute atomic E-state index is 0.0381. The highest BCUT2D eigenvalue weighted by Gasteiger charge is 2.54. The predicted molar refractivity (Wildman–Crippen MR) is 235 cm³/mol. The molecule has 0 spiro atoms. The lowest BCUT2D eigenvalue weighted by atomic mass is 9.98. The first-order valence-corrected chi connectivity index (χ1v) is 22.6. The number of hydrogen-bond acceptors (Lipinski definition) is 17. The van der Waals surface area contributed by atoms with Gasteiger partial charge in [0.15, 0.2) is 22.4 Å². The standard InChI is InChI=1S/C41H59N7O14S2/c1-13-16-18-57-28(15-3)29(58-19-17-14-2)20-24(4)25-21-30(61-46-25)33(49)42-22-27-32(35(51)48(27)64(54,55)56)44-34(50)31(47-62-41(11,12)36(52)59-39(5,6)7)26-23-63-37(43-26)45-38(53)60-40(8,9)10/h15,20-21,23,27,32H,4,13-14,16-19,22H2,1-3,5-12H3,(H,42,49)(H,44,50)(H,43,45,53)(H,54,55,56)/b28-15+,29-20+,47-31-/t27-,32+/m1/s1. The molecule has 4 N–H and O–H groups in total. The molecular weight excluding hydrogens is 879 g/mol. The van der Waals surface area contributed by atoms with E-state index in [1.807, 2.05) is 13.8 Å². The zero-order valence-corrected chi connectivity index (χ0v) is 39.6. The van der Waals surface area contributed by atoms with E-state index in [9.17, 15) is 36.9 Å². The Hall–Kier alpha value is -5.81. The molecule has 23 heteroatoms. The molecule has 64 heavy (non-hydrogen) atoms. The SMILES string of the molecule is C=C(/C=C(OCCCC)\C(=C/C)OCCCC)c1cc(C(=O)NC[C@@H]2[C@H](NC(=O)/C(=N\OC(C)(C)C(=O)OC(C)(C)C)c3csc(NC(=O)OC(C)(C)C)n3)C(=O)N2S(=O)(=O)O)on1. The highest BCUT2D eigenvalue weighted by molar-refractivity contribution is 7.84. The molecular formula is C41H59N7O14S2. The minimum atomic E-state index is -5.21. The van der Waals surface area contributed by atoms with E-state index in [1.165, 1.54) is 25.3 Å². The van der Waals surface area contributed by atoms with Crippen LogP contribution in [0.15, 0.2) is 51.4 Å². The molecule has 2 aromatic rings. The zero-order chi connectivity index (χ0) is 48.2. The van der Waals surface area contributed by atoms with Gasteiger partial charge in [-0.1, -0.05) is 43.6 Å². The number of carbonyl (C=O) groups excluding carboxylic acids is 5. The average Bonchev–Trinajstić information content (AvgIpc) is 3.85. The molecule has 0 saturated carbocycles. The molecule has 3 rings (SSSR count). The van der Waals surface area contributed by atoms with Crippen LogP contribution in [-0.4, -0.2) is 112 Å². The molecule has 354 valence electrons. The summed E-state index contributed by atoms with van der Waals surface area (Å²) in [5.74, 6) is -3.62. The monoisotopic (exact) mass is 937 g/mol. The number of anilines is 1. The maximum Gasteiger partial charge on any atom is 0.413 e. The maximum absolute atomic E-state index is 13.9. The van der Waals surface area contributed by atoms with E-state index in [0.717, 1.165) is 37.0 Å². The van der Waals surface area contributed by atoms with Crippen LogP contribution < -0.4 is 16.0 Å². The van der Waals surface area contributed by atoms with Crippen molar-refractivity contribution in [2.75, 3.05) is 25.1 Å². The molecule has 0 aliphatic carbocycles. The molecule has 21 nitrogen and oxygen atoms in total. The number of hydrogen-bond donors (Lipinski definition) is 4. The van der Waals surface area contributed by atoms with Crippen LogP contribution in [0.4, 0.5) is 9.93 Å². The first-order chi connectivity index (χ1) is 29.7. The maximum atomic E-state index is 13.9. The Morgan fingerprint density at radius 2 is 1.59 bits per heavy atom. The number of nitrogens with zero attached hydrogens (tertiary/aromatic N) is 4. The fourth-order valence-corrected chi connectivity index (χ4v) is 6.75. The van der Waals surface area contributed by atoms with Gasteiger partial charge in [0.2, 0.25) is 11.4 Å². The smallest absolute Gasteiger partial charge is 0.413 e. The summed E-state index contributed by atoms with van der Waals surface area (Å²) in [5.41, 5.74) is -3.91. The summed E-state index contributed by atoms with van der Waals surface area (Å²) in [6.07, 6.45) is 5.94. The zero-order valence-electron chi connectivity index (χ0n) is 38.0. The first kappa shape index (κ1) is 52.5. The molecule has 2 atom stereocenters. The second-order valence-corrected chi connectivity index (χ2v) is 18.9. The number of allylic oxidation sites excluding steroid dienone is 3. The molecule has 2 aromatic heterocycles. The van der Waals surface area contributed by atoms with Crippen LogP contribution in [0.25, 0.3) is 5.57 Å². The third kappa shape index (κ3) is 15.5. The number of β-lactam (4-membered cyclic amide) rings is 1. The van der Waals surface area contributed by atoms with E-state index in [-0.39, 0.29) is 26.6 Å². The second-order valence-electron chi connectivity index (χ2n) is 16.7. The Balaban J connectivity index is 1.88. The number of rotatable bonds is 22. The van der Waals surface area contributed by atoms with Crippen LogP contribution in [0, 0.1) is 0 Å². The number of unbranched alkanes of at least 4 members (excludes halogenated alkanes) is 2. The fraction of sp³-hybridized carbons (Fsp3) is 0.561. The van der Waals surface area contributed by atoms with Gasteiger partial charge in [-0.2, -0.15) is 8.42 Å². The number of aromatic nitrogens is 2. The van der Waals surface area contributed by atoms with Gasteiger partial charge in [-0.3, -0.25) is 24.3 Å². The summed E-state index contributed by atoms with van der Waals surface area (Å²) in [7, 11) is -5.21. The summed E-state index contributed by atoms with van der Waals surface area (Å²) < 4.78 is 62.4. The van der Waals surface area contributed by atoms with Crippen molar-refractivity contribution in [3.63, 3.8) is 0 Å². The normalized spacial score (nSPS) is 16.3. The van der Waals surface area contributed by atoms with Crippen molar-refractivity contribution in [1.82, 2.24) is 25.1 Å². The molecule has 1 aliphatic rings. The van der Waals surface area contributed by atoms with Gasteiger partial charge >= 0.3 is 22.4 Å². The fourth-order valence-electron chi connectivity index (χ4n) is 5.19. The van der Waals surface area contributed by atoms with E-state index >= 15 is 0 Å². The number of ether oxygens (including phenoxy) is 4. The van der Waals surface area contributed by atoms with Gasteiger partial charge in [0, 0.05) is 23.6 Å². The van der Waals surface area contributed by atoms with Crippen LogP contribution >= 0.6 is 11.3 Å². The molecule has 0 unspecified atom stereocenters. The van der Waals surface area contributed by atoms with Crippen molar-refractivity contribution in [2.45, 2.75) is 131 Å². The van der Waals surface area contributed by atoms with E-state index in [2.05, 4.69) is 37.8 Å². The Bertz CT molecular complexity index is 2230. The van der Waals surface area contributed by atoms with Crippen molar-refractivity contribution < 1.29 is 65.3 Å². The van der Waals surface area contributed by atoms with Crippen LogP contribution in [0.3, 0.4) is 0 Å². The number of thiazole rings is 1. The van der Waals surface area contributed by atoms with Crippen LogP contribution in [-0.2, 0) is 48.5 Å². The summed E-state index contributed by atoms with van der Waals surface area (Å²) in [5, 5.41) is 16.3. The summed E-state index contributed by atoms with van der Waals surface area (Å²) in [4.78, 5) is 75.5. The van der Waals surface area contributed by atoms with Crippen LogP contribution in [0.5, 0.6) is 0 Å². The number of oxime groups is 1. The summed E-state index contributed by atoms with van der Waals surface area (Å²) >= 11 is 0.862. The van der Waals surface area contributed by atoms with Gasteiger partial charge in [0.25, 0.3) is 17.7 Å². The second kappa shape index (κ2) is 22.2. The molecule has 0 radical (unpaired) electrons. The summed E-state index contributed by atoms with van der Waals surface area (Å²) in [6, 6.07) is -1.98. The van der Waals surface area contributed by atoms with Crippen molar-refractivity contribution in [3.8, 4) is 0 Å². The quantitative estimate of drug-likeness (QED) is 0.0161. The van der Waals surface area contributed by atoms with Crippen LogP contribution in [0.2, 0.25) is 0 Å². The Morgan fingerprint density at radius 1 is 0.984 bits per heavy atom. The lowest BCUT2D eigenvalue weighted by Gasteiger charge is -2.44. The number of carbonyl (C=O) groups is 5. The Labute approximate surface area is 376 Å². The van der Waals surface area contributed by atoms with Crippen LogP contribution in [0.1, 0.15) is 124 Å². The molecule has 4 amide bonds. The topological polar surface area (TPSA) is 276 Å². The number of esters is 1. The largest absolute Gasteiger partial charge is 0.490 e. The Morgan fingerprint density at radius 3 is 2.16 bits per heavy atom. The lowest BCUT2D eigenvalue weighted by molar-refractivity contribution is -0.179. The van der Waals surface area contributed by atoms with Crippen molar-refractivity contribution in [1.29, 1.82) is 0 Å². The Kier molecular flexibility index (Phi) is 18.2. The first-order valence-electron chi connectivity index (χ1n) is 20.4. The van der Waals surface area contributed by atoms with E-state index in [0.29, 0.717) is 30.3 Å². The highest BCUT2D eigenvalue weighted by Crippen LogP contribution is 2.26. The number of nitrogens with one attached hydrogen (secondary N) is 3. The molecule has 1 fully saturated rings. The average molecular weight is 938 g/mol. The van der Waals surface area contributed by atoms with E-state index in [1.54, 1.807) is 60.6 Å². The van der Waals surface area contributed by atoms with Crippen molar-refractivity contribution >= 4 is 67.8 Å². The van der Waals surface area contributed by atoms with E-state index < -0.39 is 81.2 Å². The molecule has 0 bridgehead atoms. The van der Waals surface area contributed by atoms with Gasteiger partial charge < -0.3 is 38.9 Å². The molecule has 3 heterocycles. The predicted octanol–water partition coefficient (Wildman–Crippen LogP) is 5.68.